The van der Waals surface area contributed by atoms with Crippen LogP contribution in [0.4, 0.5) is 5.69 Å². The van der Waals surface area contributed by atoms with Crippen molar-refractivity contribution in [3.63, 3.8) is 0 Å². The van der Waals surface area contributed by atoms with E-state index in [2.05, 4.69) is 41.1 Å². The van der Waals surface area contributed by atoms with Gasteiger partial charge < -0.3 is 4.57 Å². The molecule has 8 heteroatoms. The lowest BCUT2D eigenvalue weighted by molar-refractivity contribution is -0.119. The molecule has 0 spiro atoms. The molecule has 0 fully saturated rings. The number of nitrogens with one attached hydrogen (secondary N) is 1. The number of nitrogens with zero attached hydrogens (tertiary/aromatic N) is 3. The zero-order chi connectivity index (χ0) is 25.0. The number of hydrogen-bond donors (Lipinski definition) is 1. The molecule has 1 heterocycles. The number of hydrazone groups is 1. The van der Waals surface area contributed by atoms with Gasteiger partial charge in [0.25, 0.3) is 5.91 Å². The lowest BCUT2D eigenvalue weighted by Gasteiger charge is -2.23. The summed E-state index contributed by atoms with van der Waals surface area (Å²) >= 11 is 0. The van der Waals surface area contributed by atoms with Crippen LogP contribution in [0, 0.1) is 27.7 Å². The number of aromatic nitrogens is 1. The highest BCUT2D eigenvalue weighted by Crippen LogP contribution is 2.25. The topological polar surface area (TPSA) is 83.8 Å². The second-order valence-corrected chi connectivity index (χ2v) is 10.4. The van der Waals surface area contributed by atoms with Gasteiger partial charge in [-0.1, -0.05) is 43.3 Å². The summed E-state index contributed by atoms with van der Waals surface area (Å²) in [7, 11) is -3.65. The maximum absolute atomic E-state index is 12.6. The summed E-state index contributed by atoms with van der Waals surface area (Å²) in [4.78, 5) is 12.6. The molecule has 34 heavy (non-hydrogen) atoms. The summed E-state index contributed by atoms with van der Waals surface area (Å²) in [5.74, 6) is -0.517. The Bertz CT molecular complexity index is 1320. The zero-order valence-electron chi connectivity index (χ0n) is 20.6. The van der Waals surface area contributed by atoms with E-state index in [9.17, 15) is 13.2 Å². The first-order valence-electron chi connectivity index (χ1n) is 11.2. The molecule has 7 nitrogen and oxygen atoms in total. The van der Waals surface area contributed by atoms with Gasteiger partial charge in [-0.2, -0.15) is 5.10 Å². The van der Waals surface area contributed by atoms with Gasteiger partial charge in [0.1, 0.15) is 6.54 Å². The van der Waals surface area contributed by atoms with E-state index in [0.29, 0.717) is 12.1 Å². The molecule has 1 N–H and O–H groups in total. The number of hydrogen-bond acceptors (Lipinski definition) is 4. The SMILES string of the molecule is CCc1ccccc1N(CC(=O)N/N=C\c1cc(C)n(-c2c(C)cccc2C)c1C)S(C)(=O)=O. The zero-order valence-corrected chi connectivity index (χ0v) is 21.4. The summed E-state index contributed by atoms with van der Waals surface area (Å²) in [6.07, 6.45) is 3.34. The number of benzene rings is 2. The van der Waals surface area contributed by atoms with Crippen molar-refractivity contribution in [1.29, 1.82) is 0 Å². The lowest BCUT2D eigenvalue weighted by atomic mass is 10.1. The number of anilines is 1. The Balaban J connectivity index is 1.80. The quantitative estimate of drug-likeness (QED) is 0.388. The summed E-state index contributed by atoms with van der Waals surface area (Å²) in [5.41, 5.74) is 10.2. The van der Waals surface area contributed by atoms with Gasteiger partial charge in [0, 0.05) is 17.0 Å². The first kappa shape index (κ1) is 25.2. The third-order valence-electron chi connectivity index (χ3n) is 5.86. The Labute approximate surface area is 202 Å². The molecule has 0 aliphatic carbocycles. The minimum Gasteiger partial charge on any atom is -0.317 e. The van der Waals surface area contributed by atoms with E-state index in [0.717, 1.165) is 38.8 Å². The molecule has 1 aromatic heterocycles. The minimum absolute atomic E-state index is 0.353. The smallest absolute Gasteiger partial charge is 0.260 e. The van der Waals surface area contributed by atoms with Crippen LogP contribution in [-0.4, -0.2) is 37.9 Å². The normalized spacial score (nSPS) is 11.7. The molecule has 0 radical (unpaired) electrons. The van der Waals surface area contributed by atoms with Crippen molar-refractivity contribution in [3.05, 3.63) is 82.2 Å². The second kappa shape index (κ2) is 10.3. The standard InChI is InChI=1S/C26H32N4O3S/c1-7-22-13-8-9-14-24(22)29(34(6,32)33)17-25(31)28-27-16-23-15-20(4)30(21(23)5)26-18(2)11-10-12-19(26)3/h8-16H,7,17H2,1-6H3,(H,28,31)/b27-16-. The molecule has 180 valence electrons. The number of para-hydroxylation sites is 2. The molecule has 0 unspecified atom stereocenters. The lowest BCUT2D eigenvalue weighted by Crippen LogP contribution is -2.39. The fourth-order valence-electron chi connectivity index (χ4n) is 4.19. The Morgan fingerprint density at radius 2 is 1.71 bits per heavy atom. The van der Waals surface area contributed by atoms with Gasteiger partial charge >= 0.3 is 0 Å². The average molecular weight is 481 g/mol. The van der Waals surface area contributed by atoms with Crippen molar-refractivity contribution >= 4 is 27.8 Å². The van der Waals surface area contributed by atoms with E-state index < -0.39 is 15.9 Å². The first-order valence-corrected chi connectivity index (χ1v) is 13.0. The van der Waals surface area contributed by atoms with Crippen LogP contribution >= 0.6 is 0 Å². The molecule has 1 amide bonds. The van der Waals surface area contributed by atoms with Crippen molar-refractivity contribution < 1.29 is 13.2 Å². The molecule has 0 saturated heterocycles. The third kappa shape index (κ3) is 5.39. The largest absolute Gasteiger partial charge is 0.317 e. The predicted molar refractivity (Wildman–Crippen MR) is 138 cm³/mol. The number of amides is 1. The maximum atomic E-state index is 12.6. The molecule has 0 atom stereocenters. The molecule has 2 aromatic carbocycles. The van der Waals surface area contributed by atoms with Crippen LogP contribution in [0.1, 0.15) is 40.6 Å². The maximum Gasteiger partial charge on any atom is 0.260 e. The van der Waals surface area contributed by atoms with Gasteiger partial charge in [-0.25, -0.2) is 13.8 Å². The monoisotopic (exact) mass is 480 g/mol. The molecule has 0 aliphatic rings. The molecule has 0 aliphatic heterocycles. The number of carbonyl (C=O) groups is 1. The number of carbonyl (C=O) groups excluding carboxylic acids is 1. The van der Waals surface area contributed by atoms with Crippen LogP contribution in [0.15, 0.2) is 53.6 Å². The number of sulfonamides is 1. The van der Waals surface area contributed by atoms with E-state index in [1.807, 2.05) is 45.0 Å². The van der Waals surface area contributed by atoms with Gasteiger partial charge in [-0.3, -0.25) is 9.10 Å². The van der Waals surface area contributed by atoms with Gasteiger partial charge in [-0.05, 0) is 62.9 Å². The summed E-state index contributed by atoms with van der Waals surface area (Å²) in [5, 5.41) is 4.11. The number of aryl methyl sites for hydroxylation is 4. The Hall–Kier alpha value is -3.39. The molecule has 0 bridgehead atoms. The fraction of sp³-hybridized carbons (Fsp3) is 0.308. The van der Waals surface area contributed by atoms with Crippen molar-refractivity contribution in [2.24, 2.45) is 5.10 Å². The summed E-state index contributed by atoms with van der Waals surface area (Å²) < 4.78 is 28.1. The van der Waals surface area contributed by atoms with Crippen LogP contribution in [0.25, 0.3) is 5.69 Å². The van der Waals surface area contributed by atoms with Gasteiger partial charge in [0.15, 0.2) is 0 Å². The van der Waals surface area contributed by atoms with Gasteiger partial charge in [0.2, 0.25) is 10.0 Å². The van der Waals surface area contributed by atoms with Crippen molar-refractivity contribution in [2.45, 2.75) is 41.0 Å². The summed E-state index contributed by atoms with van der Waals surface area (Å²) in [6.45, 7) is 9.80. The van der Waals surface area contributed by atoms with E-state index >= 15 is 0 Å². The first-order chi connectivity index (χ1) is 16.0. The second-order valence-electron chi connectivity index (χ2n) is 8.45. The summed E-state index contributed by atoms with van der Waals surface area (Å²) in [6, 6.07) is 15.4. The van der Waals surface area contributed by atoms with E-state index in [4.69, 9.17) is 0 Å². The third-order valence-corrected chi connectivity index (χ3v) is 6.98. The van der Waals surface area contributed by atoms with E-state index in [1.54, 1.807) is 18.3 Å². The molecule has 3 rings (SSSR count). The fourth-order valence-corrected chi connectivity index (χ4v) is 5.08. The van der Waals surface area contributed by atoms with Crippen molar-refractivity contribution in [3.8, 4) is 5.69 Å². The van der Waals surface area contributed by atoms with Crippen LogP contribution in [-0.2, 0) is 21.2 Å². The van der Waals surface area contributed by atoms with Crippen LogP contribution in [0.5, 0.6) is 0 Å². The van der Waals surface area contributed by atoms with E-state index in [-0.39, 0.29) is 6.54 Å². The highest BCUT2D eigenvalue weighted by molar-refractivity contribution is 7.92. The Morgan fingerprint density at radius 3 is 2.32 bits per heavy atom. The van der Waals surface area contributed by atoms with E-state index in [1.165, 1.54) is 11.1 Å². The van der Waals surface area contributed by atoms with Gasteiger partial charge in [-0.15, -0.1) is 0 Å². The highest BCUT2D eigenvalue weighted by Gasteiger charge is 2.22. The van der Waals surface area contributed by atoms with Crippen LogP contribution in [0.2, 0.25) is 0 Å². The molecule has 3 aromatic rings. The number of rotatable bonds is 8. The van der Waals surface area contributed by atoms with Crippen LogP contribution in [0.3, 0.4) is 0 Å². The molecule has 0 saturated carbocycles. The highest BCUT2D eigenvalue weighted by atomic mass is 32.2. The molecular weight excluding hydrogens is 448 g/mol. The predicted octanol–water partition coefficient (Wildman–Crippen LogP) is 4.19. The average Bonchev–Trinajstić information content (AvgIpc) is 3.04. The Kier molecular flexibility index (Phi) is 7.61. The van der Waals surface area contributed by atoms with Crippen LogP contribution < -0.4 is 9.73 Å². The Morgan fingerprint density at radius 1 is 1.06 bits per heavy atom. The van der Waals surface area contributed by atoms with Crippen molar-refractivity contribution in [1.82, 2.24) is 9.99 Å². The van der Waals surface area contributed by atoms with Gasteiger partial charge in [0.05, 0.1) is 23.8 Å². The minimum atomic E-state index is -3.65. The van der Waals surface area contributed by atoms with Crippen molar-refractivity contribution in [2.75, 3.05) is 17.1 Å². The molecular formula is C26H32N4O3S.